The molecule has 0 radical (unpaired) electrons. The van der Waals surface area contributed by atoms with Gasteiger partial charge in [0.25, 0.3) is 5.91 Å². The molecule has 1 amide bonds. The Bertz CT molecular complexity index is 462. The van der Waals surface area contributed by atoms with Gasteiger partial charge in [-0.3, -0.25) is 4.79 Å². The predicted octanol–water partition coefficient (Wildman–Crippen LogP) is 3.22. The molecule has 1 aromatic heterocycles. The average molecular weight is 307 g/mol. The van der Waals surface area contributed by atoms with Gasteiger partial charge in [0.2, 0.25) is 5.76 Å². The summed E-state index contributed by atoms with van der Waals surface area (Å²) >= 11 is 0. The molecular weight excluding hydrogens is 278 g/mol. The van der Waals surface area contributed by atoms with Crippen LogP contribution < -0.4 is 11.1 Å². The maximum absolute atomic E-state index is 12.4. The number of nitrogens with one attached hydrogen (secondary N) is 1. The van der Waals surface area contributed by atoms with Gasteiger partial charge >= 0.3 is 0 Å². The topological polar surface area (TPSA) is 81.2 Å². The SMILES string of the molecule is CCC(CC)c1cc(C(=O)NC(CN)C2CCCCC2)on1. The normalized spacial score (nSPS) is 17.6. The molecule has 5 nitrogen and oxygen atoms in total. The van der Waals surface area contributed by atoms with E-state index in [1.807, 2.05) is 0 Å². The summed E-state index contributed by atoms with van der Waals surface area (Å²) in [7, 11) is 0. The molecule has 0 saturated heterocycles. The lowest BCUT2D eigenvalue weighted by Crippen LogP contribution is -2.45. The van der Waals surface area contributed by atoms with Gasteiger partial charge in [0, 0.05) is 24.6 Å². The fraction of sp³-hybridized carbons (Fsp3) is 0.765. The highest BCUT2D eigenvalue weighted by atomic mass is 16.5. The van der Waals surface area contributed by atoms with Gasteiger partial charge in [-0.05, 0) is 31.6 Å². The van der Waals surface area contributed by atoms with Gasteiger partial charge in [-0.2, -0.15) is 0 Å². The van der Waals surface area contributed by atoms with Gasteiger partial charge in [-0.15, -0.1) is 0 Å². The molecule has 1 heterocycles. The van der Waals surface area contributed by atoms with Crippen LogP contribution in [0, 0.1) is 5.92 Å². The quantitative estimate of drug-likeness (QED) is 0.810. The van der Waals surface area contributed by atoms with E-state index in [0.29, 0.717) is 24.1 Å². The van der Waals surface area contributed by atoms with Gasteiger partial charge in [0.1, 0.15) is 0 Å². The minimum Gasteiger partial charge on any atom is -0.351 e. The molecule has 3 N–H and O–H groups in total. The molecule has 0 bridgehead atoms. The number of carbonyl (C=O) groups excluding carboxylic acids is 1. The van der Waals surface area contributed by atoms with Crippen LogP contribution in [0.3, 0.4) is 0 Å². The molecular formula is C17H29N3O2. The lowest BCUT2D eigenvalue weighted by atomic mass is 9.84. The first-order valence-corrected chi connectivity index (χ1v) is 8.67. The number of nitrogens with two attached hydrogens (primary N) is 1. The molecule has 5 heteroatoms. The van der Waals surface area contributed by atoms with E-state index >= 15 is 0 Å². The van der Waals surface area contributed by atoms with E-state index in [0.717, 1.165) is 31.4 Å². The second kappa shape index (κ2) is 8.32. The highest BCUT2D eigenvalue weighted by Crippen LogP contribution is 2.27. The molecule has 0 spiro atoms. The van der Waals surface area contributed by atoms with Crippen molar-refractivity contribution in [3.63, 3.8) is 0 Å². The Morgan fingerprint density at radius 2 is 2.05 bits per heavy atom. The second-order valence-electron chi connectivity index (χ2n) is 6.34. The Balaban J connectivity index is 1.98. The minimum atomic E-state index is -0.189. The number of nitrogens with zero attached hydrogens (tertiary/aromatic N) is 1. The molecule has 2 rings (SSSR count). The number of rotatable bonds is 7. The predicted molar refractivity (Wildman–Crippen MR) is 86.7 cm³/mol. The monoisotopic (exact) mass is 307 g/mol. The summed E-state index contributed by atoms with van der Waals surface area (Å²) in [5, 5.41) is 7.10. The summed E-state index contributed by atoms with van der Waals surface area (Å²) in [6, 6.07) is 1.82. The third-order valence-electron chi connectivity index (χ3n) is 4.95. The Labute approximate surface area is 133 Å². The van der Waals surface area contributed by atoms with Gasteiger partial charge in [-0.25, -0.2) is 0 Å². The summed E-state index contributed by atoms with van der Waals surface area (Å²) in [5.74, 6) is 0.958. The minimum absolute atomic E-state index is 0.0366. The maximum Gasteiger partial charge on any atom is 0.290 e. The average Bonchev–Trinajstić information content (AvgIpc) is 3.04. The zero-order chi connectivity index (χ0) is 15.9. The fourth-order valence-electron chi connectivity index (χ4n) is 3.44. The van der Waals surface area contributed by atoms with E-state index in [2.05, 4.69) is 24.3 Å². The fourth-order valence-corrected chi connectivity index (χ4v) is 3.44. The molecule has 1 atom stereocenters. The van der Waals surface area contributed by atoms with Crippen LogP contribution in [0.4, 0.5) is 0 Å². The second-order valence-corrected chi connectivity index (χ2v) is 6.34. The van der Waals surface area contributed by atoms with Crippen molar-refractivity contribution in [3.05, 3.63) is 17.5 Å². The van der Waals surface area contributed by atoms with E-state index < -0.39 is 0 Å². The van der Waals surface area contributed by atoms with Crippen molar-refractivity contribution < 1.29 is 9.32 Å². The number of hydrogen-bond acceptors (Lipinski definition) is 4. The third-order valence-corrected chi connectivity index (χ3v) is 4.95. The molecule has 1 aliphatic carbocycles. The highest BCUT2D eigenvalue weighted by molar-refractivity contribution is 5.91. The summed E-state index contributed by atoms with van der Waals surface area (Å²) in [5.41, 5.74) is 6.74. The molecule has 1 aromatic rings. The zero-order valence-electron chi connectivity index (χ0n) is 13.8. The number of hydrogen-bond donors (Lipinski definition) is 2. The summed E-state index contributed by atoms with van der Waals surface area (Å²) in [6.07, 6.45) is 8.06. The Morgan fingerprint density at radius 3 is 2.64 bits per heavy atom. The summed E-state index contributed by atoms with van der Waals surface area (Å²) in [6.45, 7) is 4.72. The van der Waals surface area contributed by atoms with Crippen LogP contribution in [-0.4, -0.2) is 23.7 Å². The largest absolute Gasteiger partial charge is 0.351 e. The van der Waals surface area contributed by atoms with Crippen molar-refractivity contribution >= 4 is 5.91 Å². The van der Waals surface area contributed by atoms with Crippen LogP contribution in [0.1, 0.15) is 81.0 Å². The molecule has 0 aromatic carbocycles. The van der Waals surface area contributed by atoms with E-state index in [1.165, 1.54) is 19.3 Å². The van der Waals surface area contributed by atoms with Crippen molar-refractivity contribution in [1.82, 2.24) is 10.5 Å². The van der Waals surface area contributed by atoms with Crippen molar-refractivity contribution in [2.24, 2.45) is 11.7 Å². The van der Waals surface area contributed by atoms with Gasteiger partial charge in [0.15, 0.2) is 0 Å². The standard InChI is InChI=1S/C17H29N3O2/c1-3-12(4-2)14-10-16(22-20-14)17(21)19-15(11-18)13-8-6-5-7-9-13/h10,12-13,15H,3-9,11,18H2,1-2H3,(H,19,21). The number of aromatic nitrogens is 1. The van der Waals surface area contributed by atoms with E-state index in [9.17, 15) is 4.79 Å². The molecule has 124 valence electrons. The summed E-state index contributed by atoms with van der Waals surface area (Å²) in [4.78, 5) is 12.4. The molecule has 1 saturated carbocycles. The highest BCUT2D eigenvalue weighted by Gasteiger charge is 2.26. The first kappa shape index (κ1) is 17.0. The first-order chi connectivity index (χ1) is 10.7. The van der Waals surface area contributed by atoms with E-state index in [1.54, 1.807) is 6.07 Å². The number of amides is 1. The summed E-state index contributed by atoms with van der Waals surface area (Å²) < 4.78 is 5.24. The van der Waals surface area contributed by atoms with Crippen molar-refractivity contribution in [2.45, 2.75) is 70.8 Å². The van der Waals surface area contributed by atoms with Crippen LogP contribution in [-0.2, 0) is 0 Å². The van der Waals surface area contributed by atoms with Crippen LogP contribution in [0.5, 0.6) is 0 Å². The lowest BCUT2D eigenvalue weighted by Gasteiger charge is -2.29. The van der Waals surface area contributed by atoms with Crippen LogP contribution in [0.2, 0.25) is 0 Å². The van der Waals surface area contributed by atoms with Crippen LogP contribution in [0.25, 0.3) is 0 Å². The van der Waals surface area contributed by atoms with E-state index in [-0.39, 0.29) is 11.9 Å². The first-order valence-electron chi connectivity index (χ1n) is 8.67. The van der Waals surface area contributed by atoms with Gasteiger partial charge < -0.3 is 15.6 Å². The Morgan fingerprint density at radius 1 is 1.36 bits per heavy atom. The molecule has 1 unspecified atom stereocenters. The Kier molecular flexibility index (Phi) is 6.43. The lowest BCUT2D eigenvalue weighted by molar-refractivity contribution is 0.0878. The van der Waals surface area contributed by atoms with Crippen LogP contribution >= 0.6 is 0 Å². The van der Waals surface area contributed by atoms with Crippen molar-refractivity contribution in [2.75, 3.05) is 6.54 Å². The Hall–Kier alpha value is -1.36. The van der Waals surface area contributed by atoms with Gasteiger partial charge in [-0.1, -0.05) is 38.3 Å². The van der Waals surface area contributed by atoms with E-state index in [4.69, 9.17) is 10.3 Å². The molecule has 1 fully saturated rings. The third kappa shape index (κ3) is 4.09. The molecule has 0 aliphatic heterocycles. The van der Waals surface area contributed by atoms with Crippen molar-refractivity contribution in [3.8, 4) is 0 Å². The number of carbonyl (C=O) groups is 1. The smallest absolute Gasteiger partial charge is 0.290 e. The zero-order valence-corrected chi connectivity index (χ0v) is 13.8. The molecule has 22 heavy (non-hydrogen) atoms. The molecule has 1 aliphatic rings. The van der Waals surface area contributed by atoms with Crippen LogP contribution in [0.15, 0.2) is 10.6 Å². The maximum atomic E-state index is 12.4. The van der Waals surface area contributed by atoms with Crippen molar-refractivity contribution in [1.29, 1.82) is 0 Å². The van der Waals surface area contributed by atoms with Gasteiger partial charge in [0.05, 0.1) is 5.69 Å².